The Hall–Kier alpha value is -3.38. The van der Waals surface area contributed by atoms with Gasteiger partial charge in [0.15, 0.2) is 0 Å². The highest BCUT2D eigenvalue weighted by atomic mass is 19.4. The third-order valence-electron chi connectivity index (χ3n) is 4.95. The van der Waals surface area contributed by atoms with Crippen molar-refractivity contribution in [3.8, 4) is 34.5 Å². The van der Waals surface area contributed by atoms with Gasteiger partial charge in [-0.15, -0.1) is 13.2 Å². The molecule has 160 valence electrons. The third-order valence-corrected chi connectivity index (χ3v) is 4.95. The van der Waals surface area contributed by atoms with Crippen LogP contribution in [0.3, 0.4) is 0 Å². The molecule has 0 saturated heterocycles. The Labute approximate surface area is 176 Å². The highest BCUT2D eigenvalue weighted by Gasteiger charge is 2.32. The van der Waals surface area contributed by atoms with Crippen LogP contribution in [0, 0.1) is 25.2 Å². The maximum Gasteiger partial charge on any atom is 0.573 e. The highest BCUT2D eigenvalue weighted by molar-refractivity contribution is 5.70. The number of rotatable bonds is 3. The first-order valence-corrected chi connectivity index (χ1v) is 9.68. The average Bonchev–Trinajstić information content (AvgIpc) is 2.88. The van der Waals surface area contributed by atoms with Crippen LogP contribution in [0.4, 0.5) is 13.2 Å². The van der Waals surface area contributed by atoms with Crippen molar-refractivity contribution in [3.63, 3.8) is 0 Å². The summed E-state index contributed by atoms with van der Waals surface area (Å²) >= 11 is 0. The van der Waals surface area contributed by atoms with Gasteiger partial charge in [0.25, 0.3) is 0 Å². The van der Waals surface area contributed by atoms with Crippen molar-refractivity contribution < 1.29 is 22.6 Å². The maximum absolute atomic E-state index is 12.6. The van der Waals surface area contributed by atoms with E-state index in [-0.39, 0.29) is 5.56 Å². The van der Waals surface area contributed by atoms with Gasteiger partial charge in [-0.05, 0) is 44.2 Å². The molecular weight excluding hydrogens is 409 g/mol. The van der Waals surface area contributed by atoms with E-state index < -0.39 is 12.1 Å². The molecule has 3 heterocycles. The molecule has 0 spiro atoms. The molecule has 31 heavy (non-hydrogen) atoms. The molecule has 0 amide bonds. The van der Waals surface area contributed by atoms with Crippen LogP contribution in [0.25, 0.3) is 22.6 Å². The maximum atomic E-state index is 12.6. The van der Waals surface area contributed by atoms with E-state index in [1.54, 1.807) is 6.07 Å². The lowest BCUT2D eigenvalue weighted by atomic mass is 10.1. The zero-order valence-electron chi connectivity index (χ0n) is 17.0. The molecule has 6 nitrogen and oxygen atoms in total. The number of hydrogen-bond donors (Lipinski definition) is 0. The first kappa shape index (κ1) is 20.9. The van der Waals surface area contributed by atoms with Crippen LogP contribution < -0.4 is 4.74 Å². The van der Waals surface area contributed by atoms with Gasteiger partial charge in [-0.25, -0.2) is 4.98 Å². The first-order valence-electron chi connectivity index (χ1n) is 9.68. The van der Waals surface area contributed by atoms with E-state index in [0.717, 1.165) is 34.4 Å². The van der Waals surface area contributed by atoms with Gasteiger partial charge >= 0.3 is 6.36 Å². The second kappa shape index (κ2) is 8.04. The van der Waals surface area contributed by atoms with E-state index in [0.29, 0.717) is 37.6 Å². The number of imidazole rings is 1. The number of pyridine rings is 1. The standard InChI is InChI=1S/C22H19F3N4O2/c1-13-9-16(10-14(2)27-13)20-18-5-7-30-8-6-29(18)21(28-20)15-3-4-19(17(11-15)12-26)31-22(23,24)25/h3-4,9-11H,5-8H2,1-2H3. The van der Waals surface area contributed by atoms with Gasteiger partial charge in [0.1, 0.15) is 17.6 Å². The third kappa shape index (κ3) is 4.39. The normalized spacial score (nSPS) is 13.9. The summed E-state index contributed by atoms with van der Waals surface area (Å²) in [6.07, 6.45) is -4.23. The van der Waals surface area contributed by atoms with Gasteiger partial charge in [0, 0.05) is 41.2 Å². The van der Waals surface area contributed by atoms with Crippen molar-refractivity contribution in [1.29, 1.82) is 5.26 Å². The second-order valence-electron chi connectivity index (χ2n) is 7.25. The second-order valence-corrected chi connectivity index (χ2v) is 7.25. The number of nitrogens with zero attached hydrogens (tertiary/aromatic N) is 4. The summed E-state index contributed by atoms with van der Waals surface area (Å²) in [6.45, 7) is 5.40. The van der Waals surface area contributed by atoms with E-state index in [1.165, 1.54) is 12.1 Å². The summed E-state index contributed by atoms with van der Waals surface area (Å²) in [6, 6.07) is 9.68. The smallest absolute Gasteiger partial charge is 0.404 e. The Bertz CT molecular complexity index is 1160. The zero-order chi connectivity index (χ0) is 22.2. The summed E-state index contributed by atoms with van der Waals surface area (Å²) in [4.78, 5) is 9.26. The lowest BCUT2D eigenvalue weighted by Gasteiger charge is -2.12. The number of ether oxygens (including phenoxy) is 2. The molecule has 0 aliphatic carbocycles. The number of aryl methyl sites for hydroxylation is 2. The summed E-state index contributed by atoms with van der Waals surface area (Å²) in [5, 5.41) is 9.36. The fraction of sp³-hybridized carbons (Fsp3) is 0.318. The van der Waals surface area contributed by atoms with Crippen LogP contribution in [-0.2, 0) is 17.7 Å². The van der Waals surface area contributed by atoms with Crippen LogP contribution >= 0.6 is 0 Å². The van der Waals surface area contributed by atoms with Crippen LogP contribution in [-0.4, -0.2) is 34.1 Å². The van der Waals surface area contributed by atoms with Gasteiger partial charge < -0.3 is 14.0 Å². The lowest BCUT2D eigenvalue weighted by Crippen LogP contribution is -2.17. The van der Waals surface area contributed by atoms with Crippen LogP contribution in [0.2, 0.25) is 0 Å². The lowest BCUT2D eigenvalue weighted by molar-refractivity contribution is -0.274. The van der Waals surface area contributed by atoms with Crippen molar-refractivity contribution in [3.05, 3.63) is 53.0 Å². The molecule has 1 aliphatic heterocycles. The molecule has 0 saturated carbocycles. The fourth-order valence-electron chi connectivity index (χ4n) is 3.80. The van der Waals surface area contributed by atoms with Gasteiger partial charge in [-0.2, -0.15) is 5.26 Å². The van der Waals surface area contributed by atoms with Gasteiger partial charge in [-0.1, -0.05) is 0 Å². The molecule has 4 rings (SSSR count). The minimum absolute atomic E-state index is 0.214. The van der Waals surface area contributed by atoms with E-state index in [1.807, 2.05) is 30.5 Å². The predicted octanol–water partition coefficient (Wildman–Crippen LogP) is 4.57. The molecule has 1 aromatic carbocycles. The molecule has 0 atom stereocenters. The topological polar surface area (TPSA) is 73.0 Å². The number of benzene rings is 1. The van der Waals surface area contributed by atoms with E-state index in [2.05, 4.69) is 9.72 Å². The average molecular weight is 428 g/mol. The molecule has 3 aromatic rings. The molecule has 0 fully saturated rings. The van der Waals surface area contributed by atoms with Gasteiger partial charge in [-0.3, -0.25) is 4.98 Å². The molecular formula is C22H19F3N4O2. The number of hydrogen-bond acceptors (Lipinski definition) is 5. The van der Waals surface area contributed by atoms with Crippen molar-refractivity contribution in [2.75, 3.05) is 13.2 Å². The minimum atomic E-state index is -4.88. The summed E-state index contributed by atoms with van der Waals surface area (Å²) in [7, 11) is 0. The Balaban J connectivity index is 1.86. The van der Waals surface area contributed by atoms with Crippen LogP contribution in [0.1, 0.15) is 22.6 Å². The Morgan fingerprint density at radius 3 is 2.48 bits per heavy atom. The van der Waals surface area contributed by atoms with E-state index in [9.17, 15) is 18.4 Å². The van der Waals surface area contributed by atoms with E-state index >= 15 is 0 Å². The monoisotopic (exact) mass is 428 g/mol. The fourth-order valence-corrected chi connectivity index (χ4v) is 3.80. The Morgan fingerprint density at radius 2 is 1.81 bits per heavy atom. The molecule has 9 heteroatoms. The molecule has 2 aromatic heterocycles. The largest absolute Gasteiger partial charge is 0.573 e. The molecule has 0 N–H and O–H groups in total. The SMILES string of the molecule is Cc1cc(-c2nc(-c3ccc(OC(F)(F)F)c(C#N)c3)n3c2CCOCC3)cc(C)n1. The number of aromatic nitrogens is 3. The molecule has 0 bridgehead atoms. The molecule has 0 radical (unpaired) electrons. The number of nitriles is 1. The number of alkyl halides is 3. The van der Waals surface area contributed by atoms with Crippen LogP contribution in [0.15, 0.2) is 30.3 Å². The van der Waals surface area contributed by atoms with Gasteiger partial charge in [0.2, 0.25) is 0 Å². The minimum Gasteiger partial charge on any atom is -0.404 e. The van der Waals surface area contributed by atoms with E-state index in [4.69, 9.17) is 9.72 Å². The number of halogens is 3. The predicted molar refractivity (Wildman–Crippen MR) is 106 cm³/mol. The molecule has 1 aliphatic rings. The summed E-state index contributed by atoms with van der Waals surface area (Å²) in [5.74, 6) is 0.0306. The van der Waals surface area contributed by atoms with Crippen molar-refractivity contribution in [1.82, 2.24) is 14.5 Å². The van der Waals surface area contributed by atoms with Crippen LogP contribution in [0.5, 0.6) is 5.75 Å². The quantitative estimate of drug-likeness (QED) is 0.611. The zero-order valence-corrected chi connectivity index (χ0v) is 17.0. The van der Waals surface area contributed by atoms with Gasteiger partial charge in [0.05, 0.1) is 24.5 Å². The first-order chi connectivity index (χ1) is 14.7. The van der Waals surface area contributed by atoms with Crippen molar-refractivity contribution in [2.24, 2.45) is 0 Å². The van der Waals surface area contributed by atoms with Crippen molar-refractivity contribution in [2.45, 2.75) is 33.2 Å². The number of fused-ring (bicyclic) bond motifs is 1. The van der Waals surface area contributed by atoms with Crippen molar-refractivity contribution >= 4 is 0 Å². The molecule has 0 unspecified atom stereocenters. The summed E-state index contributed by atoms with van der Waals surface area (Å²) < 4.78 is 49.5. The highest BCUT2D eigenvalue weighted by Crippen LogP contribution is 2.34. The Morgan fingerprint density at radius 1 is 1.06 bits per heavy atom. The summed E-state index contributed by atoms with van der Waals surface area (Å²) in [5.41, 5.74) is 4.72. The Kier molecular flexibility index (Phi) is 5.41.